The zero-order valence-electron chi connectivity index (χ0n) is 54.8. The summed E-state index contributed by atoms with van der Waals surface area (Å²) in [7, 11) is 7.55. The van der Waals surface area contributed by atoms with Crippen LogP contribution >= 0.6 is 0 Å². The summed E-state index contributed by atoms with van der Waals surface area (Å²) in [6.45, 7) is 7.95. The quantitative estimate of drug-likeness (QED) is 0.0291. The van der Waals surface area contributed by atoms with Gasteiger partial charge in [0.2, 0.25) is 5.91 Å². The molecule has 0 radical (unpaired) electrons. The van der Waals surface area contributed by atoms with Gasteiger partial charge in [0, 0.05) is 85.3 Å². The molecule has 3 N–H and O–H groups in total. The number of fused-ring (bicyclic) bond motifs is 5. The molecule has 3 amide bonds. The van der Waals surface area contributed by atoms with E-state index in [1.807, 2.05) is 117 Å². The zero-order valence-corrected chi connectivity index (χ0v) is 54.8. The number of ether oxygens (including phenoxy) is 8. The van der Waals surface area contributed by atoms with Crippen molar-refractivity contribution in [1.82, 2.24) is 4.98 Å². The number of benzene rings is 7. The monoisotopic (exact) mass is 1290 g/mol. The molecule has 19 heteroatoms. The number of nitrogens with zero attached hydrogens (tertiary/aromatic N) is 2. The highest BCUT2D eigenvalue weighted by Crippen LogP contribution is 2.46. The van der Waals surface area contributed by atoms with Gasteiger partial charge in [0.05, 0.1) is 82.6 Å². The lowest BCUT2D eigenvalue weighted by Crippen LogP contribution is -2.51. The van der Waals surface area contributed by atoms with E-state index in [1.165, 1.54) is 40.5 Å². The molecule has 2 heterocycles. The molecule has 0 spiro atoms. The third-order valence-corrected chi connectivity index (χ3v) is 18.9. The van der Waals surface area contributed by atoms with Crippen LogP contribution in [0.1, 0.15) is 106 Å². The Kier molecular flexibility index (Phi) is 20.5. The van der Waals surface area contributed by atoms with Crippen LogP contribution in [-0.2, 0) is 59.3 Å². The predicted molar refractivity (Wildman–Crippen MR) is 360 cm³/mol. The van der Waals surface area contributed by atoms with Crippen LogP contribution in [0.2, 0.25) is 0 Å². The van der Waals surface area contributed by atoms with Crippen LogP contribution in [0, 0.1) is 17.8 Å². The van der Waals surface area contributed by atoms with Crippen LogP contribution < -0.4 is 39.6 Å². The smallest absolute Gasteiger partial charge is 0.309 e. The van der Waals surface area contributed by atoms with Crippen LogP contribution in [0.3, 0.4) is 0 Å². The molecule has 492 valence electrons. The van der Waals surface area contributed by atoms with Crippen LogP contribution in [0.5, 0.6) is 28.7 Å². The number of nitrogens with one attached hydrogen (secondary N) is 3. The molecular formula is C76H80N5O14+. The van der Waals surface area contributed by atoms with Crippen molar-refractivity contribution < 1.29 is 71.1 Å². The molecule has 6 atom stereocenters. The summed E-state index contributed by atoms with van der Waals surface area (Å²) >= 11 is 0. The minimum absolute atomic E-state index is 0.00278. The van der Waals surface area contributed by atoms with E-state index in [1.54, 1.807) is 26.4 Å². The molecule has 1 aliphatic heterocycles. The summed E-state index contributed by atoms with van der Waals surface area (Å²) in [5.74, 6) is -1.55. The Morgan fingerprint density at radius 1 is 0.621 bits per heavy atom. The fraction of sp³-hybridized carbons (Fsp3) is 0.329. The van der Waals surface area contributed by atoms with Gasteiger partial charge in [-0.05, 0) is 106 Å². The topological polar surface area (TPSA) is 225 Å². The molecule has 8 aromatic rings. The van der Waals surface area contributed by atoms with E-state index in [4.69, 9.17) is 37.9 Å². The van der Waals surface area contributed by atoms with Crippen molar-refractivity contribution in [3.05, 3.63) is 196 Å². The van der Waals surface area contributed by atoms with Crippen molar-refractivity contribution in [3.8, 4) is 39.9 Å². The van der Waals surface area contributed by atoms with Crippen molar-refractivity contribution in [2.24, 2.45) is 17.8 Å². The minimum atomic E-state index is -0.788. The lowest BCUT2D eigenvalue weighted by atomic mass is 9.70. The van der Waals surface area contributed by atoms with Crippen molar-refractivity contribution in [2.45, 2.75) is 90.5 Å². The lowest BCUT2D eigenvalue weighted by molar-refractivity contribution is -0.955. The molecule has 7 aromatic carbocycles. The number of amides is 3. The number of pyridine rings is 1. The van der Waals surface area contributed by atoms with Gasteiger partial charge >= 0.3 is 17.9 Å². The second-order valence-corrected chi connectivity index (χ2v) is 24.8. The first-order valence-electron chi connectivity index (χ1n) is 32.1. The van der Waals surface area contributed by atoms with Gasteiger partial charge in [0.15, 0.2) is 23.0 Å². The van der Waals surface area contributed by atoms with Gasteiger partial charge < -0.3 is 58.3 Å². The summed E-state index contributed by atoms with van der Waals surface area (Å²) in [5, 5.41) is 9.83. The molecule has 0 saturated heterocycles. The van der Waals surface area contributed by atoms with Crippen molar-refractivity contribution >= 4 is 63.6 Å². The number of methoxy groups -OCH3 is 5. The second kappa shape index (κ2) is 29.4. The van der Waals surface area contributed by atoms with Crippen LogP contribution in [-0.4, -0.2) is 113 Å². The summed E-state index contributed by atoms with van der Waals surface area (Å²) < 4.78 is 47.3. The Balaban J connectivity index is 0.836. The number of quaternary nitrogens is 1. The summed E-state index contributed by atoms with van der Waals surface area (Å²) in [4.78, 5) is 86.0. The highest BCUT2D eigenvalue weighted by Gasteiger charge is 2.47. The number of hydrogen-bond donors (Lipinski definition) is 3. The molecule has 95 heavy (non-hydrogen) atoms. The Hall–Kier alpha value is -10.3. The average Bonchev–Trinajstić information content (AvgIpc) is 1.76. The Morgan fingerprint density at radius 3 is 1.97 bits per heavy atom. The Labute approximate surface area is 552 Å². The van der Waals surface area contributed by atoms with Gasteiger partial charge in [-0.1, -0.05) is 92.7 Å². The molecule has 1 aromatic heterocycles. The molecule has 2 aliphatic carbocycles. The zero-order chi connectivity index (χ0) is 66.9. The van der Waals surface area contributed by atoms with Crippen LogP contribution in [0.4, 0.5) is 17.1 Å². The van der Waals surface area contributed by atoms with Crippen molar-refractivity contribution in [2.75, 3.05) is 71.2 Å². The molecule has 3 aliphatic rings. The average molecular weight is 1290 g/mol. The maximum Gasteiger partial charge on any atom is 0.309 e. The first kappa shape index (κ1) is 66.2. The van der Waals surface area contributed by atoms with E-state index < -0.39 is 47.8 Å². The number of aromatic nitrogens is 1. The Bertz CT molecular complexity index is 4150. The van der Waals surface area contributed by atoms with E-state index in [0.29, 0.717) is 76.2 Å². The van der Waals surface area contributed by atoms with Crippen LogP contribution in [0.15, 0.2) is 152 Å². The van der Waals surface area contributed by atoms with Gasteiger partial charge in [-0.2, -0.15) is 0 Å². The number of para-hydroxylation sites is 1. The van der Waals surface area contributed by atoms with Crippen LogP contribution in [0.25, 0.3) is 22.0 Å². The SMILES string of the molecule is COC(=O)[C@H]1CC(Oc2ccc(C[N+]3(CCc4ccc(NC(=O)c5cc(OC)c(OC)cc5NC(=O)c5cnc6ccccc6c5)cc4)CCc4cc(OC)c(OC)cc4C3)cc2NC(=O)CCCC(=O)OCC2c3ccccc3-c3ccccc32)[C@H](OC(C)=O)[C@@H](C)[C@@H]1C. The van der Waals surface area contributed by atoms with E-state index in [9.17, 15) is 28.8 Å². The van der Waals surface area contributed by atoms with Gasteiger partial charge in [-0.15, -0.1) is 0 Å². The fourth-order valence-corrected chi connectivity index (χ4v) is 13.7. The predicted octanol–water partition coefficient (Wildman–Crippen LogP) is 12.7. The van der Waals surface area contributed by atoms with E-state index in [-0.39, 0.29) is 67.2 Å². The highest BCUT2D eigenvalue weighted by atomic mass is 16.6. The first-order chi connectivity index (χ1) is 46.0. The fourth-order valence-electron chi connectivity index (χ4n) is 13.7. The Morgan fingerprint density at radius 2 is 1.27 bits per heavy atom. The van der Waals surface area contributed by atoms with Crippen molar-refractivity contribution in [1.29, 1.82) is 0 Å². The summed E-state index contributed by atoms with van der Waals surface area (Å²) in [5.41, 5.74) is 10.9. The molecular weight excluding hydrogens is 1210 g/mol. The largest absolute Gasteiger partial charge is 0.493 e. The molecule has 19 nitrogen and oxygen atoms in total. The third-order valence-electron chi connectivity index (χ3n) is 18.9. The maximum atomic E-state index is 14.3. The molecule has 2 unspecified atom stereocenters. The second-order valence-electron chi connectivity index (χ2n) is 24.8. The maximum absolute atomic E-state index is 14.3. The lowest BCUT2D eigenvalue weighted by Gasteiger charge is -2.43. The number of hydrogen-bond acceptors (Lipinski definition) is 15. The summed E-state index contributed by atoms with van der Waals surface area (Å²) in [6.07, 6.45) is 1.77. The number of carbonyl (C=O) groups excluding carboxylic acids is 6. The third kappa shape index (κ3) is 14.9. The standard InChI is InChI=1S/C76H79N5O14/c1-45-46(2)73(94-47(3)82)70(38-59(45)76(87)92-8)95-65-29-26-49(34-64(65)79-71(83)22-15-23-72(84)93-44-61-57-19-12-10-17-55(57)56-18-11-13-20-58(56)61)42-81(33-31-50-36-66(88-4)67(89-5)37-53(50)43-81)32-30-48-24-27-54(28-25-48)78-75(86)60-39-68(90-6)69(91-7)40-63(60)80-74(85)52-35-51-16-9-14-21-62(51)77-41-52/h9-14,16-21,24-29,34-37,39-41,45-46,59,61,70,73H,15,22-23,30-33,38,42-44H2,1-8H3,(H2-,78,79,80,83,85,86)/p+1/t45-,46-,59-,70?,73+,81?/m0/s1. The number of anilines is 3. The molecule has 1 fully saturated rings. The van der Waals surface area contributed by atoms with E-state index in [0.717, 1.165) is 68.4 Å². The van der Waals surface area contributed by atoms with E-state index >= 15 is 0 Å². The minimum Gasteiger partial charge on any atom is -0.493 e. The molecule has 1 saturated carbocycles. The molecule has 0 bridgehead atoms. The summed E-state index contributed by atoms with van der Waals surface area (Å²) in [6, 6.07) is 46.1. The number of rotatable bonds is 24. The van der Waals surface area contributed by atoms with Gasteiger partial charge in [0.1, 0.15) is 37.7 Å². The van der Waals surface area contributed by atoms with Crippen molar-refractivity contribution in [3.63, 3.8) is 0 Å². The highest BCUT2D eigenvalue weighted by molar-refractivity contribution is 6.13. The normalized spacial score (nSPS) is 18.6. The van der Waals surface area contributed by atoms with Gasteiger partial charge in [-0.25, -0.2) is 0 Å². The number of esters is 3. The van der Waals surface area contributed by atoms with Gasteiger partial charge in [0.25, 0.3) is 11.8 Å². The first-order valence-corrected chi connectivity index (χ1v) is 32.1. The van der Waals surface area contributed by atoms with Gasteiger partial charge in [-0.3, -0.25) is 33.8 Å². The number of carbonyl (C=O) groups is 6. The molecule has 11 rings (SSSR count). The van der Waals surface area contributed by atoms with E-state index in [2.05, 4.69) is 45.2 Å².